The fraction of sp³-hybridized carbons (Fsp3) is 0.577. The molecule has 2 rings (SSSR count). The summed E-state index contributed by atoms with van der Waals surface area (Å²) in [6.07, 6.45) is 9.05. The first-order valence-electron chi connectivity index (χ1n) is 11.9. The Morgan fingerprint density at radius 2 is 2.03 bits per heavy atom. The average molecular weight is 445 g/mol. The number of urea groups is 1. The van der Waals surface area contributed by atoms with Gasteiger partial charge >= 0.3 is 6.03 Å². The summed E-state index contributed by atoms with van der Waals surface area (Å²) >= 11 is 0. The third kappa shape index (κ3) is 7.02. The van der Waals surface area contributed by atoms with Crippen molar-refractivity contribution < 1.29 is 19.8 Å². The van der Waals surface area contributed by atoms with E-state index in [0.29, 0.717) is 12.2 Å². The van der Waals surface area contributed by atoms with Gasteiger partial charge in [-0.05, 0) is 63.1 Å². The van der Waals surface area contributed by atoms with Gasteiger partial charge in [0, 0.05) is 17.9 Å². The molecule has 178 valence electrons. The van der Waals surface area contributed by atoms with Crippen molar-refractivity contribution in [1.82, 2.24) is 10.8 Å². The Balaban J connectivity index is 2.51. The Hall–Kier alpha value is -2.47. The molecule has 1 aromatic rings. The molecule has 2 amide bonds. The van der Waals surface area contributed by atoms with Crippen molar-refractivity contribution >= 4 is 6.03 Å². The van der Waals surface area contributed by atoms with E-state index in [2.05, 4.69) is 31.8 Å². The summed E-state index contributed by atoms with van der Waals surface area (Å²) in [7, 11) is 0. The predicted molar refractivity (Wildman–Crippen MR) is 128 cm³/mol. The van der Waals surface area contributed by atoms with Crippen LogP contribution in [0.3, 0.4) is 0 Å². The van der Waals surface area contributed by atoms with Gasteiger partial charge in [0.05, 0.1) is 0 Å². The Morgan fingerprint density at radius 3 is 2.66 bits per heavy atom. The average Bonchev–Trinajstić information content (AvgIpc) is 2.73. The molecule has 0 spiro atoms. The van der Waals surface area contributed by atoms with Crippen molar-refractivity contribution in [2.75, 3.05) is 0 Å². The molecule has 6 heteroatoms. The molecule has 3 atom stereocenters. The van der Waals surface area contributed by atoms with Crippen molar-refractivity contribution in [2.24, 2.45) is 5.92 Å². The topological polar surface area (TPSA) is 90.8 Å². The molecule has 1 aromatic carbocycles. The number of phenols is 1. The van der Waals surface area contributed by atoms with Gasteiger partial charge in [0.2, 0.25) is 0 Å². The quantitative estimate of drug-likeness (QED) is 0.105. The molecule has 0 saturated heterocycles. The number of nitrogens with one attached hydrogen (secondary N) is 2. The minimum atomic E-state index is -0.721. The highest BCUT2D eigenvalue weighted by Gasteiger charge is 2.31. The smallest absolute Gasteiger partial charge is 0.341 e. The molecule has 0 aliphatic heterocycles. The predicted octanol–water partition coefficient (Wildman–Crippen LogP) is 6.33. The molecule has 6 nitrogen and oxygen atoms in total. The first kappa shape index (κ1) is 25.8. The van der Waals surface area contributed by atoms with E-state index < -0.39 is 12.3 Å². The first-order valence-corrected chi connectivity index (χ1v) is 11.9. The van der Waals surface area contributed by atoms with Crippen molar-refractivity contribution in [1.29, 1.82) is 0 Å². The zero-order chi connectivity index (χ0) is 23.7. The fourth-order valence-electron chi connectivity index (χ4n) is 4.48. The molecule has 32 heavy (non-hydrogen) atoms. The summed E-state index contributed by atoms with van der Waals surface area (Å²) < 4.78 is 6.30. The lowest BCUT2D eigenvalue weighted by Crippen LogP contribution is -2.44. The number of aryl methyl sites for hydroxylation is 1. The zero-order valence-electron chi connectivity index (χ0n) is 20.0. The van der Waals surface area contributed by atoms with Crippen molar-refractivity contribution in [3.8, 4) is 11.5 Å². The highest BCUT2D eigenvalue weighted by molar-refractivity contribution is 5.72. The minimum absolute atomic E-state index is 0.0464. The van der Waals surface area contributed by atoms with E-state index in [1.807, 2.05) is 26.0 Å². The number of unbranched alkanes of at least 4 members (excludes halogenated alkanes) is 2. The maximum Gasteiger partial charge on any atom is 0.341 e. The van der Waals surface area contributed by atoms with Gasteiger partial charge in [-0.2, -0.15) is 0 Å². The number of carbonyl (C=O) groups excluding carboxylic acids is 1. The van der Waals surface area contributed by atoms with Crippen molar-refractivity contribution in [3.05, 3.63) is 47.1 Å². The summed E-state index contributed by atoms with van der Waals surface area (Å²) in [6.45, 7) is 12.5. The molecule has 0 saturated carbocycles. The molecule has 4 N–H and O–H groups in total. The summed E-state index contributed by atoms with van der Waals surface area (Å²) in [5.41, 5.74) is 5.72. The summed E-state index contributed by atoms with van der Waals surface area (Å²) in [4.78, 5) is 11.7. The van der Waals surface area contributed by atoms with Crippen LogP contribution in [0.15, 0.2) is 35.9 Å². The number of aromatic hydroxyl groups is 1. The van der Waals surface area contributed by atoms with E-state index >= 15 is 0 Å². The Kier molecular flexibility index (Phi) is 10.1. The van der Waals surface area contributed by atoms with Crippen LogP contribution >= 0.6 is 0 Å². The number of amides is 2. The van der Waals surface area contributed by atoms with Gasteiger partial charge in [0.15, 0.2) is 6.23 Å². The summed E-state index contributed by atoms with van der Waals surface area (Å²) in [6, 6.07) is 3.13. The lowest BCUT2D eigenvalue weighted by molar-refractivity contribution is 0.122. The lowest BCUT2D eigenvalue weighted by atomic mass is 9.73. The Labute approximate surface area is 192 Å². The Morgan fingerprint density at radius 1 is 1.28 bits per heavy atom. The van der Waals surface area contributed by atoms with Crippen LogP contribution < -0.4 is 15.5 Å². The highest BCUT2D eigenvalue weighted by Crippen LogP contribution is 2.47. The van der Waals surface area contributed by atoms with Crippen molar-refractivity contribution in [2.45, 2.75) is 91.2 Å². The van der Waals surface area contributed by atoms with Gasteiger partial charge in [-0.3, -0.25) is 5.21 Å². The second-order valence-corrected chi connectivity index (χ2v) is 8.99. The van der Waals surface area contributed by atoms with Gasteiger partial charge in [-0.1, -0.05) is 56.9 Å². The van der Waals surface area contributed by atoms with Gasteiger partial charge in [0.1, 0.15) is 11.5 Å². The summed E-state index contributed by atoms with van der Waals surface area (Å²) in [5.74, 6) is 0.958. The number of phenolic OH excluding ortho intramolecular Hbond substituents is 1. The number of hydrogen-bond donors (Lipinski definition) is 4. The van der Waals surface area contributed by atoms with Crippen LogP contribution in [0.4, 0.5) is 4.79 Å². The van der Waals surface area contributed by atoms with Crippen LogP contribution in [0.25, 0.3) is 0 Å². The van der Waals surface area contributed by atoms with Crippen LogP contribution in [0.5, 0.6) is 11.5 Å². The highest BCUT2D eigenvalue weighted by atomic mass is 16.5. The second kappa shape index (κ2) is 12.5. The first-order chi connectivity index (χ1) is 15.3. The van der Waals surface area contributed by atoms with Gasteiger partial charge < -0.3 is 15.2 Å². The number of benzene rings is 1. The fourth-order valence-corrected chi connectivity index (χ4v) is 4.48. The molecular weight excluding hydrogens is 404 g/mol. The molecule has 1 aliphatic carbocycles. The normalized spacial score (nSPS) is 19.1. The molecule has 0 bridgehead atoms. The number of allylic oxidation sites excluding steroid dienone is 3. The van der Waals surface area contributed by atoms with E-state index in [1.165, 1.54) is 5.57 Å². The van der Waals surface area contributed by atoms with Crippen LogP contribution in [-0.4, -0.2) is 22.6 Å². The van der Waals surface area contributed by atoms with Crippen LogP contribution in [-0.2, 0) is 6.42 Å². The summed E-state index contributed by atoms with van der Waals surface area (Å²) in [5, 5.41) is 22.7. The monoisotopic (exact) mass is 444 g/mol. The Bertz CT molecular complexity index is 818. The maximum absolute atomic E-state index is 11.7. The van der Waals surface area contributed by atoms with E-state index in [9.17, 15) is 9.90 Å². The number of carbonyl (C=O) groups is 1. The second-order valence-electron chi connectivity index (χ2n) is 8.99. The van der Waals surface area contributed by atoms with Crippen LogP contribution in [0, 0.1) is 5.92 Å². The molecule has 0 aromatic heterocycles. The largest absolute Gasteiger partial charge is 0.507 e. The number of ether oxygens (including phenoxy) is 1. The van der Waals surface area contributed by atoms with E-state index in [4.69, 9.17) is 9.94 Å². The third-order valence-electron chi connectivity index (χ3n) is 6.18. The van der Waals surface area contributed by atoms with Gasteiger partial charge in [-0.25, -0.2) is 10.3 Å². The van der Waals surface area contributed by atoms with Crippen molar-refractivity contribution in [3.63, 3.8) is 0 Å². The zero-order valence-corrected chi connectivity index (χ0v) is 20.0. The molecular formula is C26H40N2O4. The van der Waals surface area contributed by atoms with E-state index in [0.717, 1.165) is 61.6 Å². The van der Waals surface area contributed by atoms with Gasteiger partial charge in [0.25, 0.3) is 0 Å². The van der Waals surface area contributed by atoms with Crippen LogP contribution in [0.2, 0.25) is 0 Å². The molecule has 0 heterocycles. The number of hydrogen-bond acceptors (Lipinski definition) is 4. The standard InChI is InChI=1S/C26H40N2O4/c1-6-8-9-11-19-15-22(29)25(21-14-18(5)12-13-20(21)17(3)4)23(16-19)32-24(10-7-2)27-26(30)28-31/h14-16,20-21,24,29,31H,3,6-13H2,1-2,4-5H3,(H2,27,28,30)/t20-,21+,24?/m0/s1. The molecule has 1 aliphatic rings. The van der Waals surface area contributed by atoms with Gasteiger partial charge in [-0.15, -0.1) is 0 Å². The number of rotatable bonds is 11. The molecule has 1 unspecified atom stereocenters. The van der Waals surface area contributed by atoms with Crippen LogP contribution in [0.1, 0.15) is 89.7 Å². The lowest BCUT2D eigenvalue weighted by Gasteiger charge is -2.33. The molecule has 0 radical (unpaired) electrons. The SMILES string of the molecule is C=C(C)[C@@H]1CCC(C)=C[C@H]1c1c(O)cc(CCCCC)cc1OC(CCC)NC(=O)NO. The molecule has 0 fully saturated rings. The van der Waals surface area contributed by atoms with E-state index in [1.54, 1.807) is 5.48 Å². The van der Waals surface area contributed by atoms with E-state index in [-0.39, 0.29) is 17.6 Å². The third-order valence-corrected chi connectivity index (χ3v) is 6.18. The minimum Gasteiger partial charge on any atom is -0.507 e. The maximum atomic E-state index is 11.7. The number of hydroxylamine groups is 1.